The van der Waals surface area contributed by atoms with Gasteiger partial charge in [-0.1, -0.05) is 6.07 Å². The minimum absolute atomic E-state index is 0.0617. The summed E-state index contributed by atoms with van der Waals surface area (Å²) >= 11 is 0. The maximum Gasteiger partial charge on any atom is 0.343 e. The molecular formula is C14H10FNO4. The van der Waals surface area contributed by atoms with Crippen molar-refractivity contribution in [2.45, 2.75) is 6.92 Å². The monoisotopic (exact) mass is 275 g/mol. The second kappa shape index (κ2) is 5.48. The molecule has 0 saturated carbocycles. The molecular weight excluding hydrogens is 265 g/mol. The van der Waals surface area contributed by atoms with Gasteiger partial charge in [0.25, 0.3) is 5.69 Å². The van der Waals surface area contributed by atoms with Gasteiger partial charge in [-0.2, -0.15) is 0 Å². The molecule has 102 valence electrons. The smallest absolute Gasteiger partial charge is 0.343 e. The quantitative estimate of drug-likeness (QED) is 0.373. The first-order valence-corrected chi connectivity index (χ1v) is 5.70. The lowest BCUT2D eigenvalue weighted by atomic mass is 10.1. The zero-order valence-corrected chi connectivity index (χ0v) is 10.5. The third-order valence-corrected chi connectivity index (χ3v) is 2.67. The Morgan fingerprint density at radius 1 is 1.20 bits per heavy atom. The average molecular weight is 275 g/mol. The molecule has 0 aliphatic carbocycles. The molecule has 0 fully saturated rings. The number of rotatable bonds is 3. The van der Waals surface area contributed by atoms with Crippen molar-refractivity contribution >= 4 is 11.7 Å². The third kappa shape index (κ3) is 2.97. The van der Waals surface area contributed by atoms with E-state index >= 15 is 0 Å². The molecule has 5 nitrogen and oxygen atoms in total. The highest BCUT2D eigenvalue weighted by atomic mass is 19.1. The summed E-state index contributed by atoms with van der Waals surface area (Å²) in [7, 11) is 0. The average Bonchev–Trinajstić information content (AvgIpc) is 2.41. The van der Waals surface area contributed by atoms with E-state index in [2.05, 4.69) is 0 Å². The fraction of sp³-hybridized carbons (Fsp3) is 0.0714. The van der Waals surface area contributed by atoms with Crippen molar-refractivity contribution in [3.05, 3.63) is 69.5 Å². The van der Waals surface area contributed by atoms with Gasteiger partial charge >= 0.3 is 5.97 Å². The Labute approximate surface area is 113 Å². The Balaban J connectivity index is 2.23. The van der Waals surface area contributed by atoms with E-state index in [0.717, 1.165) is 18.2 Å². The predicted molar refractivity (Wildman–Crippen MR) is 69.2 cm³/mol. The molecule has 0 aromatic heterocycles. The van der Waals surface area contributed by atoms with Crippen LogP contribution in [0.25, 0.3) is 0 Å². The molecule has 0 aliphatic heterocycles. The number of benzene rings is 2. The molecule has 2 aromatic carbocycles. The van der Waals surface area contributed by atoms with Crippen molar-refractivity contribution in [3.8, 4) is 5.75 Å². The van der Waals surface area contributed by atoms with Gasteiger partial charge in [-0.25, -0.2) is 9.18 Å². The Morgan fingerprint density at radius 3 is 2.45 bits per heavy atom. The van der Waals surface area contributed by atoms with Crippen molar-refractivity contribution in [2.24, 2.45) is 0 Å². The first-order chi connectivity index (χ1) is 9.47. The maximum absolute atomic E-state index is 12.7. The molecule has 0 radical (unpaired) electrons. The number of hydrogen-bond acceptors (Lipinski definition) is 4. The minimum Gasteiger partial charge on any atom is -0.423 e. The molecule has 20 heavy (non-hydrogen) atoms. The summed E-state index contributed by atoms with van der Waals surface area (Å²) in [5, 5.41) is 10.8. The fourth-order valence-corrected chi connectivity index (χ4v) is 1.60. The standard InChI is InChI=1S/C14H10FNO4/c1-9-2-3-10(8-13(9)16(18)19)14(17)20-12-6-4-11(15)5-7-12/h2-8H,1H3. The van der Waals surface area contributed by atoms with Gasteiger partial charge in [-0.3, -0.25) is 10.1 Å². The second-order valence-corrected chi connectivity index (χ2v) is 4.10. The van der Waals surface area contributed by atoms with E-state index in [1.807, 2.05) is 0 Å². The number of aryl methyl sites for hydroxylation is 1. The topological polar surface area (TPSA) is 69.4 Å². The normalized spacial score (nSPS) is 10.1. The summed E-state index contributed by atoms with van der Waals surface area (Å²) in [6.07, 6.45) is 0. The van der Waals surface area contributed by atoms with E-state index in [0.29, 0.717) is 5.56 Å². The van der Waals surface area contributed by atoms with Crippen LogP contribution in [0.1, 0.15) is 15.9 Å². The molecule has 0 atom stereocenters. The Morgan fingerprint density at radius 2 is 1.85 bits per heavy atom. The number of nitro groups is 1. The number of halogens is 1. The molecule has 0 aliphatic rings. The van der Waals surface area contributed by atoms with Crippen LogP contribution < -0.4 is 4.74 Å². The third-order valence-electron chi connectivity index (χ3n) is 2.67. The highest BCUT2D eigenvalue weighted by molar-refractivity contribution is 5.91. The van der Waals surface area contributed by atoms with Crippen LogP contribution in [0, 0.1) is 22.9 Å². The molecule has 0 spiro atoms. The van der Waals surface area contributed by atoms with Crippen LogP contribution in [0.4, 0.5) is 10.1 Å². The fourth-order valence-electron chi connectivity index (χ4n) is 1.60. The number of hydrogen-bond donors (Lipinski definition) is 0. The maximum atomic E-state index is 12.7. The van der Waals surface area contributed by atoms with Gasteiger partial charge in [-0.15, -0.1) is 0 Å². The van der Waals surface area contributed by atoms with Gasteiger partial charge in [0, 0.05) is 11.6 Å². The molecule has 2 aromatic rings. The van der Waals surface area contributed by atoms with Crippen LogP contribution in [-0.4, -0.2) is 10.9 Å². The summed E-state index contributed by atoms with van der Waals surface area (Å²) in [4.78, 5) is 22.1. The van der Waals surface area contributed by atoms with E-state index in [-0.39, 0.29) is 17.0 Å². The van der Waals surface area contributed by atoms with Gasteiger partial charge < -0.3 is 4.74 Å². The van der Waals surface area contributed by atoms with E-state index in [9.17, 15) is 19.3 Å². The van der Waals surface area contributed by atoms with Crippen LogP contribution >= 0.6 is 0 Å². The SMILES string of the molecule is Cc1ccc(C(=O)Oc2ccc(F)cc2)cc1[N+](=O)[O-]. The zero-order chi connectivity index (χ0) is 14.7. The summed E-state index contributed by atoms with van der Waals surface area (Å²) in [6.45, 7) is 1.58. The lowest BCUT2D eigenvalue weighted by Crippen LogP contribution is -2.09. The second-order valence-electron chi connectivity index (χ2n) is 4.10. The Bertz CT molecular complexity index is 667. The first kappa shape index (κ1) is 13.7. The van der Waals surface area contributed by atoms with Crippen molar-refractivity contribution in [1.29, 1.82) is 0 Å². The molecule has 0 N–H and O–H groups in total. The Hall–Kier alpha value is -2.76. The predicted octanol–water partition coefficient (Wildman–Crippen LogP) is 3.26. The summed E-state index contributed by atoms with van der Waals surface area (Å²) < 4.78 is 17.7. The number of ether oxygens (including phenoxy) is 1. The van der Waals surface area contributed by atoms with E-state index in [1.165, 1.54) is 24.3 Å². The van der Waals surface area contributed by atoms with Crippen LogP contribution in [0.3, 0.4) is 0 Å². The molecule has 0 heterocycles. The van der Waals surface area contributed by atoms with Crippen LogP contribution in [0.5, 0.6) is 5.75 Å². The van der Waals surface area contributed by atoms with E-state index in [1.54, 1.807) is 6.92 Å². The molecule has 0 amide bonds. The Kier molecular flexibility index (Phi) is 3.74. The summed E-state index contributed by atoms with van der Waals surface area (Å²) in [6, 6.07) is 8.97. The van der Waals surface area contributed by atoms with Crippen molar-refractivity contribution < 1.29 is 18.8 Å². The van der Waals surface area contributed by atoms with Gasteiger partial charge in [0.15, 0.2) is 0 Å². The number of carbonyl (C=O) groups is 1. The summed E-state index contributed by atoms with van der Waals surface area (Å²) in [5.41, 5.74) is 0.360. The van der Waals surface area contributed by atoms with Crippen LogP contribution in [0.2, 0.25) is 0 Å². The number of nitro benzene ring substituents is 1. The van der Waals surface area contributed by atoms with Crippen molar-refractivity contribution in [2.75, 3.05) is 0 Å². The van der Waals surface area contributed by atoms with Crippen molar-refractivity contribution in [3.63, 3.8) is 0 Å². The summed E-state index contributed by atoms with van der Waals surface area (Å²) in [5.74, 6) is -1.02. The highest BCUT2D eigenvalue weighted by Crippen LogP contribution is 2.20. The molecule has 0 saturated heterocycles. The van der Waals surface area contributed by atoms with Gasteiger partial charge in [0.1, 0.15) is 11.6 Å². The molecule has 2 rings (SSSR count). The van der Waals surface area contributed by atoms with Gasteiger partial charge in [0.2, 0.25) is 0 Å². The van der Waals surface area contributed by atoms with Crippen molar-refractivity contribution in [1.82, 2.24) is 0 Å². The molecule has 6 heteroatoms. The van der Waals surface area contributed by atoms with E-state index < -0.39 is 16.7 Å². The minimum atomic E-state index is -0.736. The zero-order valence-electron chi connectivity index (χ0n) is 10.5. The van der Waals surface area contributed by atoms with Gasteiger partial charge in [-0.05, 0) is 37.3 Å². The lowest BCUT2D eigenvalue weighted by molar-refractivity contribution is -0.385. The number of carbonyl (C=O) groups excluding carboxylic acids is 1. The number of esters is 1. The van der Waals surface area contributed by atoms with Gasteiger partial charge in [0.05, 0.1) is 10.5 Å². The number of nitrogens with zero attached hydrogens (tertiary/aromatic N) is 1. The highest BCUT2D eigenvalue weighted by Gasteiger charge is 2.16. The molecule has 0 unspecified atom stereocenters. The van der Waals surface area contributed by atoms with E-state index in [4.69, 9.17) is 4.74 Å². The van der Waals surface area contributed by atoms with Crippen LogP contribution in [-0.2, 0) is 0 Å². The lowest BCUT2D eigenvalue weighted by Gasteiger charge is -2.05. The molecule has 0 bridgehead atoms. The van der Waals surface area contributed by atoms with Crippen LogP contribution in [0.15, 0.2) is 42.5 Å². The first-order valence-electron chi connectivity index (χ1n) is 5.70. The largest absolute Gasteiger partial charge is 0.423 e.